The van der Waals surface area contributed by atoms with Gasteiger partial charge in [0.05, 0.1) is 5.56 Å². The van der Waals surface area contributed by atoms with Gasteiger partial charge in [-0.3, -0.25) is 9.11 Å². The monoisotopic (exact) mass is 481 g/mol. The summed E-state index contributed by atoms with van der Waals surface area (Å²) in [5.74, 6) is -3.26. The Labute approximate surface area is 181 Å². The molecular formula is C18H15N3O9S2. The third-order valence-electron chi connectivity index (χ3n) is 4.28. The highest BCUT2D eigenvalue weighted by atomic mass is 32.2. The number of anilines is 1. The molecule has 0 aliphatic carbocycles. The van der Waals surface area contributed by atoms with Crippen molar-refractivity contribution in [1.29, 1.82) is 0 Å². The number of aromatic carboxylic acids is 1. The Morgan fingerprint density at radius 3 is 2.28 bits per heavy atom. The highest BCUT2D eigenvalue weighted by molar-refractivity contribution is 7.86. The summed E-state index contributed by atoms with van der Waals surface area (Å²) in [5, 5.41) is 27.1. The Hall–Kier alpha value is -3.59. The molecule has 3 aromatic carbocycles. The first kappa shape index (κ1) is 23.1. The van der Waals surface area contributed by atoms with E-state index >= 15 is 0 Å². The molecule has 3 rings (SSSR count). The summed E-state index contributed by atoms with van der Waals surface area (Å²) in [6.07, 6.45) is 0. The first-order valence-corrected chi connectivity index (χ1v) is 11.6. The lowest BCUT2D eigenvalue weighted by atomic mass is 10.0. The third kappa shape index (κ3) is 4.83. The van der Waals surface area contributed by atoms with E-state index < -0.39 is 48.3 Å². The maximum absolute atomic E-state index is 11.7. The fraction of sp³-hybridized carbons (Fsp3) is 0.0556. The second-order valence-electron chi connectivity index (χ2n) is 6.57. The number of benzene rings is 3. The molecule has 14 heteroatoms. The van der Waals surface area contributed by atoms with Gasteiger partial charge in [0.2, 0.25) is 0 Å². The maximum atomic E-state index is 11.7. The SMILES string of the molecule is Nc1ccc(N=Nc2c(CS(=O)(=O)O)cc3cccc(S(=O)(=O)O)c3c2O)c(C(=O)O)c1. The number of carboxylic acids is 1. The number of nitrogens with two attached hydrogens (primary N) is 1. The van der Waals surface area contributed by atoms with Gasteiger partial charge in [0.25, 0.3) is 20.2 Å². The van der Waals surface area contributed by atoms with Crippen LogP contribution in [0.25, 0.3) is 10.8 Å². The largest absolute Gasteiger partial charge is 0.505 e. The van der Waals surface area contributed by atoms with Crippen molar-refractivity contribution in [3.63, 3.8) is 0 Å². The zero-order valence-electron chi connectivity index (χ0n) is 15.9. The predicted molar refractivity (Wildman–Crippen MR) is 113 cm³/mol. The van der Waals surface area contributed by atoms with Crippen LogP contribution >= 0.6 is 0 Å². The van der Waals surface area contributed by atoms with Crippen molar-refractivity contribution in [3.8, 4) is 5.75 Å². The Kier molecular flexibility index (Phi) is 5.88. The maximum Gasteiger partial charge on any atom is 0.338 e. The number of fused-ring (bicyclic) bond motifs is 1. The van der Waals surface area contributed by atoms with Crippen LogP contribution in [0.5, 0.6) is 5.75 Å². The molecule has 0 atom stereocenters. The third-order valence-corrected chi connectivity index (χ3v) is 5.85. The number of rotatable bonds is 6. The van der Waals surface area contributed by atoms with Gasteiger partial charge in [-0.1, -0.05) is 12.1 Å². The van der Waals surface area contributed by atoms with E-state index in [1.807, 2.05) is 0 Å². The van der Waals surface area contributed by atoms with E-state index in [1.54, 1.807) is 0 Å². The molecule has 0 bridgehead atoms. The average Bonchev–Trinajstić information content (AvgIpc) is 2.66. The summed E-state index contributed by atoms with van der Waals surface area (Å²) in [7, 11) is -9.42. The van der Waals surface area contributed by atoms with E-state index in [-0.39, 0.29) is 33.3 Å². The minimum Gasteiger partial charge on any atom is -0.505 e. The minimum atomic E-state index is -4.80. The molecule has 0 aliphatic rings. The number of nitrogens with zero attached hydrogens (tertiary/aromatic N) is 2. The number of carboxylic acid groups (broad SMARTS) is 1. The predicted octanol–water partition coefficient (Wildman–Crippen LogP) is 2.88. The molecule has 6 N–H and O–H groups in total. The number of hydrogen-bond acceptors (Lipinski definition) is 9. The highest BCUT2D eigenvalue weighted by Crippen LogP contribution is 2.42. The van der Waals surface area contributed by atoms with Crippen molar-refractivity contribution in [2.24, 2.45) is 10.2 Å². The van der Waals surface area contributed by atoms with E-state index in [0.717, 1.165) is 18.2 Å². The second-order valence-corrected chi connectivity index (χ2v) is 9.41. The molecular weight excluding hydrogens is 466 g/mol. The van der Waals surface area contributed by atoms with Crippen LogP contribution in [0.4, 0.5) is 17.1 Å². The number of hydrogen-bond donors (Lipinski definition) is 5. The van der Waals surface area contributed by atoms with Gasteiger partial charge in [-0.25, -0.2) is 4.79 Å². The molecule has 0 unspecified atom stereocenters. The highest BCUT2D eigenvalue weighted by Gasteiger charge is 2.23. The van der Waals surface area contributed by atoms with Gasteiger partial charge in [-0.05, 0) is 35.7 Å². The summed E-state index contributed by atoms with van der Waals surface area (Å²) < 4.78 is 65.1. The van der Waals surface area contributed by atoms with Gasteiger partial charge in [0, 0.05) is 16.6 Å². The summed E-state index contributed by atoms with van der Waals surface area (Å²) in [5.41, 5.74) is 4.32. The molecule has 0 heterocycles. The van der Waals surface area contributed by atoms with Crippen molar-refractivity contribution >= 4 is 54.0 Å². The van der Waals surface area contributed by atoms with Gasteiger partial charge in [0.1, 0.15) is 22.0 Å². The lowest BCUT2D eigenvalue weighted by Gasteiger charge is -2.12. The van der Waals surface area contributed by atoms with Crippen molar-refractivity contribution in [2.75, 3.05) is 5.73 Å². The van der Waals surface area contributed by atoms with Crippen LogP contribution in [0.3, 0.4) is 0 Å². The Balaban J connectivity index is 2.34. The van der Waals surface area contributed by atoms with Crippen LogP contribution in [0.1, 0.15) is 15.9 Å². The van der Waals surface area contributed by atoms with Crippen LogP contribution in [0.15, 0.2) is 57.6 Å². The van der Waals surface area contributed by atoms with Gasteiger partial charge in [-0.2, -0.15) is 16.8 Å². The number of aromatic hydroxyl groups is 1. The van der Waals surface area contributed by atoms with E-state index in [2.05, 4.69) is 10.2 Å². The van der Waals surface area contributed by atoms with Gasteiger partial charge >= 0.3 is 5.97 Å². The first-order chi connectivity index (χ1) is 14.8. The molecule has 0 aromatic heterocycles. The molecule has 168 valence electrons. The molecule has 0 aliphatic heterocycles. The molecule has 0 amide bonds. The van der Waals surface area contributed by atoms with Gasteiger partial charge < -0.3 is 15.9 Å². The molecule has 3 aromatic rings. The normalized spacial score (nSPS) is 12.4. The Morgan fingerprint density at radius 2 is 1.69 bits per heavy atom. The van der Waals surface area contributed by atoms with Crippen LogP contribution in [0.2, 0.25) is 0 Å². The zero-order valence-corrected chi connectivity index (χ0v) is 17.5. The summed E-state index contributed by atoms with van der Waals surface area (Å²) >= 11 is 0. The smallest absolute Gasteiger partial charge is 0.338 e. The topological polar surface area (TPSA) is 217 Å². The Bertz CT molecular complexity index is 1500. The lowest BCUT2D eigenvalue weighted by Crippen LogP contribution is -2.03. The van der Waals surface area contributed by atoms with Crippen molar-refractivity contribution in [2.45, 2.75) is 10.6 Å². The molecule has 12 nitrogen and oxygen atoms in total. The van der Waals surface area contributed by atoms with Crippen LogP contribution in [-0.4, -0.2) is 42.1 Å². The number of phenolic OH excluding ortho intramolecular Hbond substituents is 1. The van der Waals surface area contributed by atoms with E-state index in [0.29, 0.717) is 0 Å². The fourth-order valence-electron chi connectivity index (χ4n) is 3.00. The Morgan fingerprint density at radius 1 is 1.00 bits per heavy atom. The molecule has 0 saturated carbocycles. The minimum absolute atomic E-state index is 0.0222. The van der Waals surface area contributed by atoms with Crippen LogP contribution in [-0.2, 0) is 26.0 Å². The number of azo groups is 1. The van der Waals surface area contributed by atoms with Gasteiger partial charge in [0.15, 0.2) is 5.75 Å². The quantitative estimate of drug-likeness (QED) is 0.197. The van der Waals surface area contributed by atoms with Crippen molar-refractivity contribution < 1.29 is 40.9 Å². The number of phenols is 1. The summed E-state index contributed by atoms with van der Waals surface area (Å²) in [6, 6.07) is 8.36. The molecule has 0 radical (unpaired) electrons. The standard InChI is InChI=1S/C18H15N3O9S2/c19-11-4-5-13(12(7-11)18(23)24)20-21-16-10(8-31(25,26)27)6-9-2-1-3-14(32(28,29)30)15(9)17(16)22/h1-7,22H,8,19H2,(H,23,24)(H,25,26,27)(H,28,29,30). The van der Waals surface area contributed by atoms with Crippen molar-refractivity contribution in [1.82, 2.24) is 0 Å². The fourth-order valence-corrected chi connectivity index (χ4v) is 4.33. The molecule has 0 spiro atoms. The molecule has 32 heavy (non-hydrogen) atoms. The van der Waals surface area contributed by atoms with Crippen molar-refractivity contribution in [3.05, 3.63) is 53.6 Å². The zero-order chi connectivity index (χ0) is 23.8. The van der Waals surface area contributed by atoms with Crippen LogP contribution < -0.4 is 5.73 Å². The van der Waals surface area contributed by atoms with E-state index in [4.69, 9.17) is 5.73 Å². The number of carbonyl (C=O) groups is 1. The number of nitrogen functional groups attached to an aromatic ring is 1. The molecule has 0 fully saturated rings. The van der Waals surface area contributed by atoms with E-state index in [1.165, 1.54) is 24.3 Å². The second kappa shape index (κ2) is 8.16. The summed E-state index contributed by atoms with van der Waals surface area (Å²) in [6.45, 7) is 0. The summed E-state index contributed by atoms with van der Waals surface area (Å²) in [4.78, 5) is 10.7. The average molecular weight is 481 g/mol. The van der Waals surface area contributed by atoms with E-state index in [9.17, 15) is 40.9 Å². The van der Waals surface area contributed by atoms with Gasteiger partial charge in [-0.15, -0.1) is 10.2 Å². The molecule has 0 saturated heterocycles. The van der Waals surface area contributed by atoms with Crippen LogP contribution in [0, 0.1) is 0 Å². The lowest BCUT2D eigenvalue weighted by molar-refractivity contribution is 0.0697. The first-order valence-electron chi connectivity index (χ1n) is 8.52.